The predicted molar refractivity (Wildman–Crippen MR) is 177 cm³/mol. The van der Waals surface area contributed by atoms with E-state index in [1.807, 2.05) is 0 Å². The molecule has 0 fully saturated rings. The van der Waals surface area contributed by atoms with E-state index in [9.17, 15) is 0 Å². The minimum atomic E-state index is -0.652. The molecule has 0 radical (unpaired) electrons. The van der Waals surface area contributed by atoms with Gasteiger partial charge in [0, 0.05) is 0 Å². The second kappa shape index (κ2) is 13.0. The summed E-state index contributed by atoms with van der Waals surface area (Å²) in [5.74, 6) is 0.256. The molecular weight excluding hydrogens is 659 g/mol. The van der Waals surface area contributed by atoms with Gasteiger partial charge in [0.05, 0.1) is 0 Å². The number of rotatable bonds is 6. The van der Waals surface area contributed by atoms with Crippen molar-refractivity contribution in [2.24, 2.45) is 5.92 Å². The van der Waals surface area contributed by atoms with Gasteiger partial charge in [0.2, 0.25) is 0 Å². The van der Waals surface area contributed by atoms with E-state index in [0.29, 0.717) is 11.8 Å². The zero-order chi connectivity index (χ0) is 28.2. The van der Waals surface area contributed by atoms with Gasteiger partial charge in [0.25, 0.3) is 0 Å². The molecule has 0 saturated heterocycles. The molecule has 2 unspecified atom stereocenters. The molecule has 0 saturated carbocycles. The van der Waals surface area contributed by atoms with Crippen molar-refractivity contribution in [3.8, 4) is 22.3 Å². The van der Waals surface area contributed by atoms with Gasteiger partial charge in [-0.25, -0.2) is 0 Å². The zero-order valence-electron chi connectivity index (χ0n) is 25.6. The van der Waals surface area contributed by atoms with Gasteiger partial charge < -0.3 is 24.8 Å². The quantitative estimate of drug-likeness (QED) is 0.234. The molecule has 7 rings (SSSR count). The fraction of sp³-hybridized carbons (Fsp3) is 0.231. The first-order chi connectivity index (χ1) is 20.0. The Kier molecular flexibility index (Phi) is 9.75. The first-order valence-corrected chi connectivity index (χ1v) is 23.7. The normalized spacial score (nSPS) is 15.1. The molecule has 0 aromatic heterocycles. The Bertz CT molecular complexity index is 1850. The van der Waals surface area contributed by atoms with Crippen LogP contribution in [0.3, 0.4) is 0 Å². The third kappa shape index (κ3) is 5.48. The van der Waals surface area contributed by atoms with E-state index < -0.39 is 28.3 Å². The van der Waals surface area contributed by atoms with Crippen LogP contribution in [0.5, 0.6) is 0 Å². The molecule has 5 aromatic rings. The Morgan fingerprint density at radius 3 is 2.35 bits per heavy atom. The molecule has 4 heteroatoms. The van der Waals surface area contributed by atoms with Crippen LogP contribution in [-0.2, 0) is 28.8 Å². The van der Waals surface area contributed by atoms with Crippen LogP contribution in [0.2, 0.25) is 13.1 Å². The molecule has 2 atom stereocenters. The molecule has 0 bridgehead atoms. The van der Waals surface area contributed by atoms with Crippen molar-refractivity contribution in [3.05, 3.63) is 130 Å². The van der Waals surface area contributed by atoms with Gasteiger partial charge in [-0.05, 0) is 0 Å². The first kappa shape index (κ1) is 32.2. The van der Waals surface area contributed by atoms with Crippen molar-refractivity contribution in [1.82, 2.24) is 0 Å². The van der Waals surface area contributed by atoms with Crippen LogP contribution >= 0.6 is 0 Å². The van der Waals surface area contributed by atoms with Gasteiger partial charge in [0.1, 0.15) is 0 Å². The summed E-state index contributed by atoms with van der Waals surface area (Å²) in [5.41, 5.74) is 16.5. The summed E-state index contributed by atoms with van der Waals surface area (Å²) < 4.78 is 1.76. The summed E-state index contributed by atoms with van der Waals surface area (Å²) in [5, 5.41) is 2.68. The molecule has 0 nitrogen and oxygen atoms in total. The number of aryl methyl sites for hydroxylation is 1. The largest absolute Gasteiger partial charge is 1.00 e. The number of allylic oxidation sites excluding steroid dienone is 1. The van der Waals surface area contributed by atoms with E-state index in [2.05, 4.69) is 131 Å². The maximum absolute atomic E-state index is 2.62. The summed E-state index contributed by atoms with van der Waals surface area (Å²) in [6, 6.07) is 34.9. The van der Waals surface area contributed by atoms with Gasteiger partial charge in [0.15, 0.2) is 0 Å². The van der Waals surface area contributed by atoms with Crippen LogP contribution in [0.25, 0.3) is 39.1 Å². The Hall–Kier alpha value is -2.22. The monoisotopic (exact) mass is 694 g/mol. The molecule has 0 amide bonds. The molecule has 0 spiro atoms. The zero-order valence-corrected chi connectivity index (χ0v) is 30.8. The van der Waals surface area contributed by atoms with Crippen LogP contribution in [0.15, 0.2) is 96.6 Å². The van der Waals surface area contributed by atoms with Gasteiger partial charge in [-0.15, -0.1) is 0 Å². The molecule has 43 heavy (non-hydrogen) atoms. The average molecular weight is 697 g/mol. The van der Waals surface area contributed by atoms with E-state index in [0.717, 1.165) is 6.42 Å². The predicted octanol–water partition coefficient (Wildman–Crippen LogP) is 3.66. The van der Waals surface area contributed by atoms with Crippen molar-refractivity contribution in [2.45, 2.75) is 52.6 Å². The molecule has 5 aromatic carbocycles. The molecule has 0 heterocycles. The standard InChI is InChI=1S/C37H31.C2H7Si.2ClH.Zr/c1-4-23(2)33-22-35-30(36-24(3)19-20-25-11-5-8-14-28(25)36)16-10-18-32(35)37(33)31-17-9-15-29-27-13-7-6-12-26(27)21-34(29)31;1-3-2;;;/h5-16,18-20,22-23,37H,4,21H2,1-3H3;3H,1-2H3;2*1H;/q;;;;+2/p-2. The third-order valence-electron chi connectivity index (χ3n) is 9.45. The van der Waals surface area contributed by atoms with Crippen LogP contribution < -0.4 is 28.1 Å². The summed E-state index contributed by atoms with van der Waals surface area (Å²) in [6.07, 6.45) is 4.87. The fourth-order valence-corrected chi connectivity index (χ4v) is 15.6. The molecule has 0 aliphatic heterocycles. The van der Waals surface area contributed by atoms with Crippen molar-refractivity contribution in [2.75, 3.05) is 0 Å². The Morgan fingerprint density at radius 2 is 1.56 bits per heavy atom. The Balaban J connectivity index is 0.00000184. The van der Waals surface area contributed by atoms with Gasteiger partial charge >= 0.3 is 259 Å². The summed E-state index contributed by atoms with van der Waals surface area (Å²) in [4.78, 5) is 0. The fourth-order valence-electron chi connectivity index (χ4n) is 7.37. The second-order valence-corrected chi connectivity index (χ2v) is 26.9. The van der Waals surface area contributed by atoms with Crippen LogP contribution in [0, 0.1) is 12.8 Å². The van der Waals surface area contributed by atoms with E-state index in [-0.39, 0.29) is 24.8 Å². The summed E-state index contributed by atoms with van der Waals surface area (Å²) in [7, 11) is 0. The van der Waals surface area contributed by atoms with Crippen molar-refractivity contribution in [1.29, 1.82) is 0 Å². The molecule has 216 valence electrons. The number of hydrogen-bond acceptors (Lipinski definition) is 0. The first-order valence-electron chi connectivity index (χ1n) is 15.3. The Labute approximate surface area is 282 Å². The van der Waals surface area contributed by atoms with E-state index >= 15 is 0 Å². The maximum atomic E-state index is 2.62. The van der Waals surface area contributed by atoms with Crippen LogP contribution in [0.4, 0.5) is 0 Å². The smallest absolute Gasteiger partial charge is 1.00 e. The van der Waals surface area contributed by atoms with E-state index in [1.54, 1.807) is 20.0 Å². The molecule has 2 aliphatic carbocycles. The number of fused-ring (bicyclic) bond motifs is 5. The summed E-state index contributed by atoms with van der Waals surface area (Å²) >= 11 is -0.623. The second-order valence-electron chi connectivity index (χ2n) is 12.4. The van der Waals surface area contributed by atoms with Crippen molar-refractivity contribution < 1.29 is 47.2 Å². The minimum absolute atomic E-state index is 0. The van der Waals surface area contributed by atoms with Crippen molar-refractivity contribution in [3.63, 3.8) is 0 Å². The topological polar surface area (TPSA) is 0 Å². The van der Waals surface area contributed by atoms with Crippen molar-refractivity contribution >= 4 is 26.0 Å². The minimum Gasteiger partial charge on any atom is -1.00 e. The van der Waals surface area contributed by atoms with Crippen LogP contribution in [0.1, 0.15) is 59.6 Å². The summed E-state index contributed by atoms with van der Waals surface area (Å²) in [6.45, 7) is 12.3. The van der Waals surface area contributed by atoms with E-state index in [1.165, 1.54) is 61.7 Å². The SMILES string of the molecule is CCC(C)C1=Cc2c(-c3c(C)ccc4ccccc34)cccc2C1c1[c]([Zr+2][SiH](C)C)ccc2c1Cc1ccccc1-2.[Cl-].[Cl-]. The number of halogens is 2. The molecule has 2 aliphatic rings. The van der Waals surface area contributed by atoms with Gasteiger partial charge in [-0.2, -0.15) is 0 Å². The maximum Gasteiger partial charge on any atom is -1.00 e. The van der Waals surface area contributed by atoms with Gasteiger partial charge in [-0.3, -0.25) is 0 Å². The van der Waals surface area contributed by atoms with Crippen LogP contribution in [-0.4, -0.2) is 5.92 Å². The Morgan fingerprint density at radius 1 is 0.814 bits per heavy atom. The average Bonchev–Trinajstić information content (AvgIpc) is 3.55. The third-order valence-corrected chi connectivity index (χ3v) is 18.0. The number of hydrogen-bond donors (Lipinski definition) is 0. The molecular formula is C39H38Cl2SiZr. The van der Waals surface area contributed by atoms with Gasteiger partial charge in [-0.1, -0.05) is 0 Å². The van der Waals surface area contributed by atoms with E-state index in [4.69, 9.17) is 0 Å². The molecule has 0 N–H and O–H groups in total. The number of benzene rings is 5.